The van der Waals surface area contributed by atoms with E-state index in [4.69, 9.17) is 12.2 Å². The fourth-order valence-electron chi connectivity index (χ4n) is 2.78. The lowest BCUT2D eigenvalue weighted by atomic mass is 9.96. The number of nitrogens with zero attached hydrogens (tertiary/aromatic N) is 1. The van der Waals surface area contributed by atoms with Crippen LogP contribution in [0.1, 0.15) is 39.5 Å². The van der Waals surface area contributed by atoms with Crippen molar-refractivity contribution >= 4 is 23.0 Å². The molecule has 0 heterocycles. The first-order valence-corrected chi connectivity index (χ1v) is 6.13. The lowest BCUT2D eigenvalue weighted by molar-refractivity contribution is 0.389. The van der Waals surface area contributed by atoms with E-state index in [0.717, 1.165) is 17.5 Å². The Hall–Kier alpha value is -0.640. The Morgan fingerprint density at radius 2 is 2.07 bits per heavy atom. The zero-order valence-electron chi connectivity index (χ0n) is 9.42. The summed E-state index contributed by atoms with van der Waals surface area (Å²) in [5.41, 5.74) is 3.87. The number of hydrogen-bond acceptors (Lipinski definition) is 2. The zero-order chi connectivity index (χ0) is 10.8. The summed E-state index contributed by atoms with van der Waals surface area (Å²) in [5, 5.41) is 8.15. The molecule has 0 spiro atoms. The van der Waals surface area contributed by atoms with Crippen molar-refractivity contribution in [2.24, 2.45) is 16.9 Å². The topological polar surface area (TPSA) is 36.4 Å². The van der Waals surface area contributed by atoms with Gasteiger partial charge in [0.25, 0.3) is 0 Å². The predicted octanol–water partition coefficient (Wildman–Crippen LogP) is 2.03. The molecule has 2 N–H and O–H groups in total. The number of nitrogens with one attached hydrogen (secondary N) is 2. The van der Waals surface area contributed by atoms with Crippen LogP contribution in [0.15, 0.2) is 5.10 Å². The van der Waals surface area contributed by atoms with Gasteiger partial charge in [-0.15, -0.1) is 0 Å². The Bertz CT molecular complexity index is 284. The molecule has 0 saturated heterocycles. The summed E-state index contributed by atoms with van der Waals surface area (Å²) in [4.78, 5) is 0. The summed E-state index contributed by atoms with van der Waals surface area (Å²) in [5.74, 6) is 1.80. The van der Waals surface area contributed by atoms with Crippen LogP contribution >= 0.6 is 12.2 Å². The molecule has 2 fully saturated rings. The van der Waals surface area contributed by atoms with Gasteiger partial charge in [-0.05, 0) is 57.2 Å². The van der Waals surface area contributed by atoms with Crippen LogP contribution in [-0.4, -0.2) is 16.9 Å². The minimum atomic E-state index is 0.594. The quantitative estimate of drug-likeness (QED) is 0.429. The van der Waals surface area contributed by atoms with E-state index in [1.807, 2.05) is 13.8 Å². The minimum Gasteiger partial charge on any atom is -0.358 e. The second kappa shape index (κ2) is 4.47. The van der Waals surface area contributed by atoms with E-state index in [2.05, 4.69) is 15.8 Å². The molecule has 4 heteroatoms. The van der Waals surface area contributed by atoms with Crippen LogP contribution in [0.4, 0.5) is 0 Å². The van der Waals surface area contributed by atoms with Crippen molar-refractivity contribution in [3.05, 3.63) is 0 Å². The highest BCUT2D eigenvalue weighted by molar-refractivity contribution is 7.80. The van der Waals surface area contributed by atoms with E-state index in [1.54, 1.807) is 0 Å². The van der Waals surface area contributed by atoms with Gasteiger partial charge in [-0.3, -0.25) is 5.43 Å². The Morgan fingerprint density at radius 1 is 1.27 bits per heavy atom. The number of fused-ring (bicyclic) bond motifs is 2. The summed E-state index contributed by atoms with van der Waals surface area (Å²) in [6.45, 7) is 3.90. The Labute approximate surface area is 96.7 Å². The summed E-state index contributed by atoms with van der Waals surface area (Å²) >= 11 is 5.20. The van der Waals surface area contributed by atoms with E-state index in [-0.39, 0.29) is 0 Å². The molecule has 0 amide bonds. The van der Waals surface area contributed by atoms with Crippen molar-refractivity contribution < 1.29 is 0 Å². The second-order valence-electron chi connectivity index (χ2n) is 4.93. The first kappa shape index (κ1) is 10.9. The summed E-state index contributed by atoms with van der Waals surface area (Å²) in [6.07, 6.45) is 5.49. The second-order valence-corrected chi connectivity index (χ2v) is 5.33. The van der Waals surface area contributed by atoms with Crippen LogP contribution in [0.5, 0.6) is 0 Å². The fourth-order valence-corrected chi connectivity index (χ4v) is 2.98. The van der Waals surface area contributed by atoms with Gasteiger partial charge in [0.15, 0.2) is 5.11 Å². The third-order valence-corrected chi connectivity index (χ3v) is 3.64. The van der Waals surface area contributed by atoms with Gasteiger partial charge in [0.2, 0.25) is 0 Å². The third kappa shape index (κ3) is 2.68. The van der Waals surface area contributed by atoms with Crippen molar-refractivity contribution in [2.75, 3.05) is 0 Å². The van der Waals surface area contributed by atoms with Gasteiger partial charge in [0, 0.05) is 11.8 Å². The average molecular weight is 225 g/mol. The molecular weight excluding hydrogens is 206 g/mol. The van der Waals surface area contributed by atoms with Crippen molar-refractivity contribution in [1.29, 1.82) is 0 Å². The van der Waals surface area contributed by atoms with Gasteiger partial charge in [-0.2, -0.15) is 5.10 Å². The van der Waals surface area contributed by atoms with Gasteiger partial charge >= 0.3 is 0 Å². The molecule has 0 aromatic heterocycles. The van der Waals surface area contributed by atoms with Gasteiger partial charge in [-0.1, -0.05) is 6.42 Å². The van der Waals surface area contributed by atoms with Crippen LogP contribution in [-0.2, 0) is 0 Å². The maximum absolute atomic E-state index is 5.20. The minimum absolute atomic E-state index is 0.594. The Kier molecular flexibility index (Phi) is 3.24. The average Bonchev–Trinajstić information content (AvgIpc) is 2.76. The molecule has 15 heavy (non-hydrogen) atoms. The molecule has 2 saturated carbocycles. The molecule has 0 radical (unpaired) electrons. The molecule has 0 aromatic carbocycles. The molecule has 0 aromatic rings. The number of hydrogen-bond donors (Lipinski definition) is 2. The predicted molar refractivity (Wildman–Crippen MR) is 66.9 cm³/mol. The molecule has 2 bridgehead atoms. The standard InChI is InChI=1S/C11H19N3S/c1-7(2)13-14-11(15)12-10-6-8-3-4-9(10)5-8/h8-10H,3-6H2,1-2H3,(H2,12,14,15)/t8-,9-,10+/m1/s1. The fraction of sp³-hybridized carbons (Fsp3) is 0.818. The molecule has 2 aliphatic rings. The van der Waals surface area contributed by atoms with Gasteiger partial charge in [-0.25, -0.2) is 0 Å². The highest BCUT2D eigenvalue weighted by atomic mass is 32.1. The first-order valence-electron chi connectivity index (χ1n) is 5.72. The third-order valence-electron chi connectivity index (χ3n) is 3.44. The zero-order valence-corrected chi connectivity index (χ0v) is 10.2. The number of thiocarbonyl (C=S) groups is 1. The maximum atomic E-state index is 5.20. The van der Waals surface area contributed by atoms with Crippen molar-refractivity contribution in [1.82, 2.24) is 10.7 Å². The van der Waals surface area contributed by atoms with E-state index >= 15 is 0 Å². The van der Waals surface area contributed by atoms with E-state index < -0.39 is 0 Å². The molecule has 3 atom stereocenters. The maximum Gasteiger partial charge on any atom is 0.187 e. The van der Waals surface area contributed by atoms with E-state index in [0.29, 0.717) is 11.2 Å². The van der Waals surface area contributed by atoms with Crippen molar-refractivity contribution in [3.8, 4) is 0 Å². The summed E-state index contributed by atoms with van der Waals surface area (Å²) in [6, 6.07) is 0.594. The van der Waals surface area contributed by atoms with Crippen LogP contribution < -0.4 is 10.7 Å². The SMILES string of the molecule is CC(C)=NNC(=S)N[C@H]1C[C@@H]2CC[C@@H]1C2. The highest BCUT2D eigenvalue weighted by Gasteiger charge is 2.39. The molecule has 3 nitrogen and oxygen atoms in total. The van der Waals surface area contributed by atoms with Crippen molar-refractivity contribution in [2.45, 2.75) is 45.6 Å². The van der Waals surface area contributed by atoms with Gasteiger partial charge in [0.1, 0.15) is 0 Å². The largest absolute Gasteiger partial charge is 0.358 e. The molecule has 0 aliphatic heterocycles. The Balaban J connectivity index is 1.77. The highest BCUT2D eigenvalue weighted by Crippen LogP contribution is 2.44. The molecule has 84 valence electrons. The monoisotopic (exact) mass is 225 g/mol. The normalized spacial score (nSPS) is 32.5. The Morgan fingerprint density at radius 3 is 2.60 bits per heavy atom. The van der Waals surface area contributed by atoms with Crippen LogP contribution in [0.25, 0.3) is 0 Å². The van der Waals surface area contributed by atoms with Crippen LogP contribution in [0.2, 0.25) is 0 Å². The van der Waals surface area contributed by atoms with Gasteiger partial charge in [0.05, 0.1) is 0 Å². The first-order chi connectivity index (χ1) is 7.15. The van der Waals surface area contributed by atoms with E-state index in [9.17, 15) is 0 Å². The lowest BCUT2D eigenvalue weighted by Gasteiger charge is -2.23. The van der Waals surface area contributed by atoms with Gasteiger partial charge < -0.3 is 5.32 Å². The van der Waals surface area contributed by atoms with Crippen LogP contribution in [0, 0.1) is 11.8 Å². The summed E-state index contributed by atoms with van der Waals surface area (Å²) < 4.78 is 0. The smallest absolute Gasteiger partial charge is 0.187 e. The number of rotatable bonds is 2. The van der Waals surface area contributed by atoms with Crippen molar-refractivity contribution in [3.63, 3.8) is 0 Å². The summed E-state index contributed by atoms with van der Waals surface area (Å²) in [7, 11) is 0. The van der Waals surface area contributed by atoms with Crippen LogP contribution in [0.3, 0.4) is 0 Å². The molecular formula is C11H19N3S. The molecule has 2 aliphatic carbocycles. The lowest BCUT2D eigenvalue weighted by Crippen LogP contribution is -2.42. The molecule has 2 rings (SSSR count). The molecule has 0 unspecified atom stereocenters. The van der Waals surface area contributed by atoms with E-state index in [1.165, 1.54) is 25.7 Å². The number of hydrazone groups is 1.